The molecule has 36 heavy (non-hydrogen) atoms. The molecule has 196 valence electrons. The molecule has 4 nitrogen and oxygen atoms in total. The summed E-state index contributed by atoms with van der Waals surface area (Å²) >= 11 is 0. The fourth-order valence-corrected chi connectivity index (χ4v) is 10.0. The van der Waals surface area contributed by atoms with Crippen LogP contribution in [-0.4, -0.2) is 32.4 Å². The van der Waals surface area contributed by atoms with E-state index in [0.29, 0.717) is 40.4 Å². The first kappa shape index (κ1) is 24.8. The molecule has 4 aliphatic rings. The van der Waals surface area contributed by atoms with E-state index in [1.807, 2.05) is 6.20 Å². The van der Waals surface area contributed by atoms with Crippen LogP contribution >= 0.6 is 0 Å². The number of aliphatic hydroxyl groups excluding tert-OH is 2. The average Bonchev–Trinajstić information content (AvgIpc) is 3.21. The monoisotopic (exact) mass is 490 g/mol. The highest BCUT2D eigenvalue weighted by molar-refractivity contribution is 5.78. The molecule has 1 unspecified atom stereocenters. The zero-order valence-electron chi connectivity index (χ0n) is 22.8. The largest absolute Gasteiger partial charge is 0.393 e. The molecule has 4 fully saturated rings. The zero-order valence-corrected chi connectivity index (χ0v) is 22.8. The fraction of sp³-hybridized carbons (Fsp3) is 0.750. The average molecular weight is 491 g/mol. The van der Waals surface area contributed by atoms with Gasteiger partial charge in [-0.05, 0) is 123 Å². The van der Waals surface area contributed by atoms with Crippen molar-refractivity contribution in [3.8, 4) is 0 Å². The van der Waals surface area contributed by atoms with E-state index < -0.39 is 0 Å². The standard InChI is InChI=1S/C32H46N2O2/c1-19-5-9-27-21(15-19)18-33-29(34-27)10-6-20(2)24-7-8-25-30-26(12-14-32(24,25)4)31(3)13-11-23(35)16-22(31)17-28(30)36/h5,9,15,18,20,22-26,28,30,35-36H,6-8,10-14,16-17H2,1-4H3/t20-,22+,23-,24-,25+,26?,28+,30+,31+,32-/m1/s1. The number of aryl methyl sites for hydroxylation is 2. The summed E-state index contributed by atoms with van der Waals surface area (Å²) in [7, 11) is 0. The van der Waals surface area contributed by atoms with Gasteiger partial charge < -0.3 is 10.2 Å². The van der Waals surface area contributed by atoms with Crippen LogP contribution in [0, 0.1) is 53.3 Å². The molecule has 1 heterocycles. The fourth-order valence-electron chi connectivity index (χ4n) is 10.0. The number of nitrogens with zero attached hydrogens (tertiary/aromatic N) is 2. The molecule has 4 heteroatoms. The Hall–Kier alpha value is -1.52. The summed E-state index contributed by atoms with van der Waals surface area (Å²) in [6.45, 7) is 9.66. The van der Waals surface area contributed by atoms with Gasteiger partial charge in [-0.2, -0.15) is 0 Å². The minimum absolute atomic E-state index is 0.159. The van der Waals surface area contributed by atoms with E-state index in [1.165, 1.54) is 31.2 Å². The van der Waals surface area contributed by atoms with Gasteiger partial charge in [0.05, 0.1) is 17.7 Å². The highest BCUT2D eigenvalue weighted by atomic mass is 16.3. The van der Waals surface area contributed by atoms with Crippen molar-refractivity contribution in [3.63, 3.8) is 0 Å². The summed E-state index contributed by atoms with van der Waals surface area (Å²) < 4.78 is 0. The van der Waals surface area contributed by atoms with E-state index in [0.717, 1.165) is 61.2 Å². The molecular weight excluding hydrogens is 444 g/mol. The number of benzene rings is 1. The lowest BCUT2D eigenvalue weighted by atomic mass is 9.43. The second-order valence-corrected chi connectivity index (χ2v) is 13.8. The summed E-state index contributed by atoms with van der Waals surface area (Å²) in [5, 5.41) is 23.0. The number of fused-ring (bicyclic) bond motifs is 6. The number of hydrogen-bond acceptors (Lipinski definition) is 4. The molecule has 4 saturated carbocycles. The lowest BCUT2D eigenvalue weighted by Gasteiger charge is -2.62. The molecule has 6 rings (SSSR count). The molecule has 10 atom stereocenters. The Morgan fingerprint density at radius 2 is 1.78 bits per heavy atom. The van der Waals surface area contributed by atoms with Gasteiger partial charge in [0, 0.05) is 18.0 Å². The van der Waals surface area contributed by atoms with Gasteiger partial charge in [-0.15, -0.1) is 0 Å². The van der Waals surface area contributed by atoms with Gasteiger partial charge in [-0.3, -0.25) is 0 Å². The van der Waals surface area contributed by atoms with Crippen molar-refractivity contribution in [3.05, 3.63) is 35.8 Å². The van der Waals surface area contributed by atoms with Crippen molar-refractivity contribution in [2.24, 2.45) is 46.3 Å². The van der Waals surface area contributed by atoms with Crippen LogP contribution in [0.2, 0.25) is 0 Å². The first-order valence-electron chi connectivity index (χ1n) is 14.8. The van der Waals surface area contributed by atoms with Crippen molar-refractivity contribution in [1.82, 2.24) is 9.97 Å². The van der Waals surface area contributed by atoms with Crippen molar-refractivity contribution >= 4 is 10.9 Å². The summed E-state index contributed by atoms with van der Waals surface area (Å²) in [4.78, 5) is 9.57. The minimum atomic E-state index is -0.188. The third kappa shape index (κ3) is 3.93. The predicted molar refractivity (Wildman–Crippen MR) is 144 cm³/mol. The molecule has 0 radical (unpaired) electrons. The maximum absolute atomic E-state index is 11.5. The van der Waals surface area contributed by atoms with Crippen LogP contribution in [0.4, 0.5) is 0 Å². The Morgan fingerprint density at radius 3 is 2.61 bits per heavy atom. The smallest absolute Gasteiger partial charge is 0.128 e. The maximum Gasteiger partial charge on any atom is 0.128 e. The zero-order chi connectivity index (χ0) is 25.2. The Bertz CT molecular complexity index is 1120. The normalized spacial score (nSPS) is 43.0. The number of hydrogen-bond donors (Lipinski definition) is 2. The molecule has 0 spiro atoms. The van der Waals surface area contributed by atoms with E-state index in [-0.39, 0.29) is 12.2 Å². The highest BCUT2D eigenvalue weighted by Crippen LogP contribution is 2.68. The molecular formula is C32H46N2O2. The number of aromatic nitrogens is 2. The van der Waals surface area contributed by atoms with Gasteiger partial charge in [-0.25, -0.2) is 9.97 Å². The van der Waals surface area contributed by atoms with Crippen molar-refractivity contribution < 1.29 is 10.2 Å². The van der Waals surface area contributed by atoms with E-state index >= 15 is 0 Å². The Labute approximate surface area is 217 Å². The van der Waals surface area contributed by atoms with Crippen molar-refractivity contribution in [1.29, 1.82) is 0 Å². The predicted octanol–water partition coefficient (Wildman–Crippen LogP) is 6.50. The van der Waals surface area contributed by atoms with E-state index in [2.05, 4.69) is 45.9 Å². The Morgan fingerprint density at radius 1 is 1.00 bits per heavy atom. The number of aliphatic hydroxyl groups is 2. The number of rotatable bonds is 4. The topological polar surface area (TPSA) is 66.2 Å². The minimum Gasteiger partial charge on any atom is -0.393 e. The van der Waals surface area contributed by atoms with E-state index in [1.54, 1.807) is 0 Å². The lowest BCUT2D eigenvalue weighted by Crippen LogP contribution is -2.58. The molecule has 0 aliphatic heterocycles. The maximum atomic E-state index is 11.5. The third-order valence-corrected chi connectivity index (χ3v) is 12.0. The molecule has 1 aromatic carbocycles. The summed E-state index contributed by atoms with van der Waals surface area (Å²) in [5.41, 5.74) is 2.94. The van der Waals surface area contributed by atoms with Gasteiger partial charge in [0.2, 0.25) is 0 Å². The van der Waals surface area contributed by atoms with Crippen LogP contribution < -0.4 is 0 Å². The molecule has 2 N–H and O–H groups in total. The van der Waals surface area contributed by atoms with Crippen molar-refractivity contribution in [2.75, 3.05) is 0 Å². The van der Waals surface area contributed by atoms with Crippen LogP contribution in [0.25, 0.3) is 10.9 Å². The quantitative estimate of drug-likeness (QED) is 0.513. The van der Waals surface area contributed by atoms with Crippen LogP contribution in [0.1, 0.15) is 89.9 Å². The van der Waals surface area contributed by atoms with Crippen LogP contribution in [0.5, 0.6) is 0 Å². The SMILES string of the molecule is Cc1ccc2nc(CC[C@@H](C)[C@H]3CC[C@H]4[C@H]5C(CC[C@]34C)[C@@]3(C)CC[C@@H](O)C[C@H]3C[C@@H]5O)ncc2c1. The molecule has 4 aliphatic carbocycles. The van der Waals surface area contributed by atoms with Gasteiger partial charge in [0.1, 0.15) is 5.82 Å². The summed E-state index contributed by atoms with van der Waals surface area (Å²) in [5.74, 6) is 4.54. The van der Waals surface area contributed by atoms with Crippen molar-refractivity contribution in [2.45, 2.75) is 104 Å². The Kier molecular flexibility index (Phi) is 6.23. The lowest BCUT2D eigenvalue weighted by molar-refractivity contribution is -0.174. The van der Waals surface area contributed by atoms with Gasteiger partial charge in [0.15, 0.2) is 0 Å². The molecule has 0 amide bonds. The molecule has 0 saturated heterocycles. The Balaban J connectivity index is 1.16. The van der Waals surface area contributed by atoms with E-state index in [4.69, 9.17) is 9.97 Å². The molecule has 2 aromatic rings. The highest BCUT2D eigenvalue weighted by Gasteiger charge is 2.62. The second kappa shape index (κ2) is 9.05. The third-order valence-electron chi connectivity index (χ3n) is 12.0. The first-order valence-corrected chi connectivity index (χ1v) is 14.8. The van der Waals surface area contributed by atoms with E-state index in [9.17, 15) is 10.2 Å². The van der Waals surface area contributed by atoms with Gasteiger partial charge in [0.25, 0.3) is 0 Å². The molecule has 1 aromatic heterocycles. The first-order chi connectivity index (χ1) is 17.2. The molecule has 0 bridgehead atoms. The van der Waals surface area contributed by atoms with Crippen LogP contribution in [0.15, 0.2) is 24.4 Å². The van der Waals surface area contributed by atoms with Gasteiger partial charge >= 0.3 is 0 Å². The summed E-state index contributed by atoms with van der Waals surface area (Å²) in [6, 6.07) is 6.42. The van der Waals surface area contributed by atoms with Crippen LogP contribution in [-0.2, 0) is 6.42 Å². The van der Waals surface area contributed by atoms with Crippen LogP contribution in [0.3, 0.4) is 0 Å². The van der Waals surface area contributed by atoms with Gasteiger partial charge in [-0.1, -0.05) is 32.4 Å². The second-order valence-electron chi connectivity index (χ2n) is 13.8. The summed E-state index contributed by atoms with van der Waals surface area (Å²) in [6.07, 6.45) is 12.8.